The van der Waals surface area contributed by atoms with Crippen LogP contribution in [-0.4, -0.2) is 24.4 Å². The molecule has 0 heterocycles. The van der Waals surface area contributed by atoms with Gasteiger partial charge in [-0.05, 0) is 52.9 Å². The summed E-state index contributed by atoms with van der Waals surface area (Å²) in [7, 11) is 0. The Balaban J connectivity index is 1.61. The fourth-order valence-corrected chi connectivity index (χ4v) is 3.30. The first-order valence-corrected chi connectivity index (χ1v) is 9.76. The van der Waals surface area contributed by atoms with Gasteiger partial charge in [0.25, 0.3) is 5.91 Å². The second-order valence-corrected chi connectivity index (χ2v) is 7.38. The normalized spacial score (nSPS) is 12.0. The molecule has 0 bridgehead atoms. The Kier molecular flexibility index (Phi) is 6.60. The second-order valence-electron chi connectivity index (χ2n) is 7.38. The average Bonchev–Trinajstić information content (AvgIpc) is 2.72. The van der Waals surface area contributed by atoms with Crippen LogP contribution in [0.4, 0.5) is 4.39 Å². The third kappa shape index (κ3) is 5.19. The second kappa shape index (κ2) is 9.32. The highest BCUT2D eigenvalue weighted by atomic mass is 19.1. The lowest BCUT2D eigenvalue weighted by Gasteiger charge is -2.22. The highest BCUT2D eigenvalue weighted by Crippen LogP contribution is 2.18. The minimum Gasteiger partial charge on any atom is -0.354 e. The van der Waals surface area contributed by atoms with Gasteiger partial charge in [-0.15, -0.1) is 0 Å². The Bertz CT molecular complexity index is 994. The SMILES string of the molecule is CC(C)C(NC(=O)c1ccc(F)cc1)C(=O)NCCc1cccc2ccccc12. The summed E-state index contributed by atoms with van der Waals surface area (Å²) in [6, 6.07) is 18.9. The monoisotopic (exact) mass is 392 g/mol. The van der Waals surface area contributed by atoms with Crippen molar-refractivity contribution in [3.8, 4) is 0 Å². The van der Waals surface area contributed by atoms with Crippen molar-refractivity contribution in [2.24, 2.45) is 5.92 Å². The predicted octanol–water partition coefficient (Wildman–Crippen LogP) is 4.09. The van der Waals surface area contributed by atoms with E-state index in [2.05, 4.69) is 34.9 Å². The first-order chi connectivity index (χ1) is 14.0. The van der Waals surface area contributed by atoms with Gasteiger partial charge in [0, 0.05) is 12.1 Å². The van der Waals surface area contributed by atoms with E-state index in [-0.39, 0.29) is 11.8 Å². The van der Waals surface area contributed by atoms with Gasteiger partial charge in [0.2, 0.25) is 5.91 Å². The number of rotatable bonds is 7. The first kappa shape index (κ1) is 20.5. The fraction of sp³-hybridized carbons (Fsp3) is 0.250. The van der Waals surface area contributed by atoms with Crippen molar-refractivity contribution >= 4 is 22.6 Å². The number of benzene rings is 3. The van der Waals surface area contributed by atoms with Crippen molar-refractivity contribution in [3.05, 3.63) is 83.7 Å². The maximum atomic E-state index is 13.1. The molecule has 150 valence electrons. The predicted molar refractivity (Wildman–Crippen MR) is 113 cm³/mol. The summed E-state index contributed by atoms with van der Waals surface area (Å²) in [4.78, 5) is 25.1. The molecule has 2 N–H and O–H groups in total. The zero-order valence-electron chi connectivity index (χ0n) is 16.6. The van der Waals surface area contributed by atoms with Crippen LogP contribution in [-0.2, 0) is 11.2 Å². The number of halogens is 1. The quantitative estimate of drug-likeness (QED) is 0.636. The molecule has 3 rings (SSSR count). The van der Waals surface area contributed by atoms with Crippen LogP contribution in [0.2, 0.25) is 0 Å². The molecule has 0 saturated heterocycles. The summed E-state index contributed by atoms with van der Waals surface area (Å²) < 4.78 is 13.1. The van der Waals surface area contributed by atoms with Crippen LogP contribution >= 0.6 is 0 Å². The number of carbonyl (C=O) groups is 2. The van der Waals surface area contributed by atoms with Crippen molar-refractivity contribution in [2.45, 2.75) is 26.3 Å². The lowest BCUT2D eigenvalue weighted by molar-refractivity contribution is -0.123. The van der Waals surface area contributed by atoms with Gasteiger partial charge < -0.3 is 10.6 Å². The van der Waals surface area contributed by atoms with Crippen molar-refractivity contribution in [1.29, 1.82) is 0 Å². The highest BCUT2D eigenvalue weighted by molar-refractivity contribution is 5.97. The standard InChI is InChI=1S/C24H25FN2O2/c1-16(2)22(27-23(28)19-10-12-20(25)13-11-19)24(29)26-15-14-18-8-5-7-17-6-3-4-9-21(17)18/h3-13,16,22H,14-15H2,1-2H3,(H,26,29)(H,27,28). The number of hydrogen-bond donors (Lipinski definition) is 2. The number of fused-ring (bicyclic) bond motifs is 1. The van der Waals surface area contributed by atoms with Crippen molar-refractivity contribution in [3.63, 3.8) is 0 Å². The van der Waals surface area contributed by atoms with Crippen LogP contribution in [0.1, 0.15) is 29.8 Å². The average molecular weight is 392 g/mol. The van der Waals surface area contributed by atoms with Crippen LogP contribution in [0.5, 0.6) is 0 Å². The van der Waals surface area contributed by atoms with E-state index < -0.39 is 17.8 Å². The molecule has 3 aromatic carbocycles. The molecule has 0 radical (unpaired) electrons. The molecule has 0 aliphatic carbocycles. The third-order valence-corrected chi connectivity index (χ3v) is 4.92. The minimum absolute atomic E-state index is 0.0862. The Morgan fingerprint density at radius 3 is 2.34 bits per heavy atom. The Hall–Kier alpha value is -3.21. The van der Waals surface area contributed by atoms with Gasteiger partial charge >= 0.3 is 0 Å². The molecule has 29 heavy (non-hydrogen) atoms. The van der Waals surface area contributed by atoms with Crippen LogP contribution < -0.4 is 10.6 Å². The van der Waals surface area contributed by atoms with Gasteiger partial charge in [-0.2, -0.15) is 0 Å². The molecular formula is C24H25FN2O2. The highest BCUT2D eigenvalue weighted by Gasteiger charge is 2.24. The molecule has 0 aliphatic heterocycles. The topological polar surface area (TPSA) is 58.2 Å². The molecule has 4 nitrogen and oxygen atoms in total. The number of hydrogen-bond acceptors (Lipinski definition) is 2. The number of carbonyl (C=O) groups excluding carboxylic acids is 2. The van der Waals surface area contributed by atoms with Gasteiger partial charge in [-0.1, -0.05) is 56.3 Å². The van der Waals surface area contributed by atoms with Gasteiger partial charge in [0.15, 0.2) is 0 Å². The van der Waals surface area contributed by atoms with Crippen molar-refractivity contribution in [2.75, 3.05) is 6.54 Å². The molecule has 0 spiro atoms. The van der Waals surface area contributed by atoms with Gasteiger partial charge in [-0.3, -0.25) is 9.59 Å². The largest absolute Gasteiger partial charge is 0.354 e. The summed E-state index contributed by atoms with van der Waals surface area (Å²) in [5.74, 6) is -1.12. The van der Waals surface area contributed by atoms with Crippen molar-refractivity contribution < 1.29 is 14.0 Å². The third-order valence-electron chi connectivity index (χ3n) is 4.92. The fourth-order valence-electron chi connectivity index (χ4n) is 3.30. The van der Waals surface area contributed by atoms with E-state index in [1.165, 1.54) is 40.6 Å². The smallest absolute Gasteiger partial charge is 0.251 e. The van der Waals surface area contributed by atoms with Crippen LogP contribution in [0.25, 0.3) is 10.8 Å². The van der Waals surface area contributed by atoms with E-state index >= 15 is 0 Å². The Labute approximate surface area is 170 Å². The van der Waals surface area contributed by atoms with E-state index in [0.29, 0.717) is 18.5 Å². The van der Waals surface area contributed by atoms with E-state index in [1.807, 2.05) is 32.0 Å². The summed E-state index contributed by atoms with van der Waals surface area (Å²) in [6.45, 7) is 4.22. The molecule has 1 unspecified atom stereocenters. The van der Waals surface area contributed by atoms with E-state index in [4.69, 9.17) is 0 Å². The van der Waals surface area contributed by atoms with E-state index in [9.17, 15) is 14.0 Å². The van der Waals surface area contributed by atoms with E-state index in [1.54, 1.807) is 0 Å². The molecule has 3 aromatic rings. The molecule has 0 fully saturated rings. The Morgan fingerprint density at radius 1 is 0.931 bits per heavy atom. The lowest BCUT2D eigenvalue weighted by Crippen LogP contribution is -2.50. The molecule has 0 aromatic heterocycles. The van der Waals surface area contributed by atoms with Gasteiger partial charge in [-0.25, -0.2) is 4.39 Å². The summed E-state index contributed by atoms with van der Waals surface area (Å²) in [5.41, 5.74) is 1.49. The summed E-state index contributed by atoms with van der Waals surface area (Å²) >= 11 is 0. The maximum Gasteiger partial charge on any atom is 0.251 e. The first-order valence-electron chi connectivity index (χ1n) is 9.76. The maximum absolute atomic E-state index is 13.1. The molecule has 0 aliphatic rings. The summed E-state index contributed by atoms with van der Waals surface area (Å²) in [6.07, 6.45) is 0.698. The lowest BCUT2D eigenvalue weighted by atomic mass is 10.0. The number of nitrogens with one attached hydrogen (secondary N) is 2. The molecule has 5 heteroatoms. The van der Waals surface area contributed by atoms with Crippen molar-refractivity contribution in [1.82, 2.24) is 10.6 Å². The van der Waals surface area contributed by atoms with Crippen LogP contribution in [0.3, 0.4) is 0 Å². The van der Waals surface area contributed by atoms with Crippen LogP contribution in [0.15, 0.2) is 66.7 Å². The Morgan fingerprint density at radius 2 is 1.62 bits per heavy atom. The molecule has 2 amide bonds. The molecular weight excluding hydrogens is 367 g/mol. The van der Waals surface area contributed by atoms with E-state index in [0.717, 1.165) is 0 Å². The zero-order valence-corrected chi connectivity index (χ0v) is 16.6. The van der Waals surface area contributed by atoms with Crippen LogP contribution in [0, 0.1) is 11.7 Å². The molecule has 1 atom stereocenters. The number of amides is 2. The molecule has 0 saturated carbocycles. The van der Waals surface area contributed by atoms with Gasteiger partial charge in [0.05, 0.1) is 0 Å². The minimum atomic E-state index is -0.667. The van der Waals surface area contributed by atoms with Gasteiger partial charge in [0.1, 0.15) is 11.9 Å². The zero-order chi connectivity index (χ0) is 20.8. The summed E-state index contributed by atoms with van der Waals surface area (Å²) in [5, 5.41) is 8.03.